The SMILES string of the molecule is CCn1cncc1CN1CCC(C)C1C(=O)O. The first-order chi connectivity index (χ1) is 8.13. The average molecular weight is 237 g/mol. The molecule has 2 unspecified atom stereocenters. The van der Waals surface area contributed by atoms with Crippen molar-refractivity contribution in [2.75, 3.05) is 6.54 Å². The van der Waals surface area contributed by atoms with Crippen molar-refractivity contribution in [1.29, 1.82) is 0 Å². The molecular formula is C12H19N3O2. The molecule has 94 valence electrons. The molecule has 1 fully saturated rings. The second-order valence-corrected chi connectivity index (χ2v) is 4.69. The fourth-order valence-electron chi connectivity index (χ4n) is 2.58. The maximum absolute atomic E-state index is 11.2. The van der Waals surface area contributed by atoms with Crippen LogP contribution in [0.4, 0.5) is 0 Å². The molecule has 17 heavy (non-hydrogen) atoms. The van der Waals surface area contributed by atoms with E-state index < -0.39 is 5.97 Å². The summed E-state index contributed by atoms with van der Waals surface area (Å²) < 4.78 is 2.06. The molecule has 1 aromatic rings. The molecule has 0 aliphatic carbocycles. The van der Waals surface area contributed by atoms with Crippen LogP contribution in [0.25, 0.3) is 0 Å². The Bertz CT molecular complexity index is 402. The summed E-state index contributed by atoms with van der Waals surface area (Å²) in [6, 6.07) is -0.352. The van der Waals surface area contributed by atoms with E-state index in [0.29, 0.717) is 6.54 Å². The summed E-state index contributed by atoms with van der Waals surface area (Å²) in [4.78, 5) is 17.4. The van der Waals surface area contributed by atoms with Crippen LogP contribution >= 0.6 is 0 Å². The third kappa shape index (κ3) is 2.34. The summed E-state index contributed by atoms with van der Waals surface area (Å²) in [6.07, 6.45) is 4.58. The molecule has 0 aromatic carbocycles. The van der Waals surface area contributed by atoms with Crippen molar-refractivity contribution in [3.63, 3.8) is 0 Å². The molecule has 0 saturated carbocycles. The van der Waals surface area contributed by atoms with Crippen LogP contribution in [0.2, 0.25) is 0 Å². The van der Waals surface area contributed by atoms with Gasteiger partial charge in [0.2, 0.25) is 0 Å². The second kappa shape index (κ2) is 4.87. The Balaban J connectivity index is 2.11. The molecule has 2 atom stereocenters. The lowest BCUT2D eigenvalue weighted by atomic mass is 10.0. The monoisotopic (exact) mass is 237 g/mol. The van der Waals surface area contributed by atoms with Gasteiger partial charge in [-0.15, -0.1) is 0 Å². The lowest BCUT2D eigenvalue weighted by molar-refractivity contribution is -0.143. The summed E-state index contributed by atoms with van der Waals surface area (Å²) >= 11 is 0. The number of likely N-dealkylation sites (tertiary alicyclic amines) is 1. The molecule has 1 aliphatic rings. The van der Waals surface area contributed by atoms with Crippen molar-refractivity contribution in [3.8, 4) is 0 Å². The van der Waals surface area contributed by atoms with Gasteiger partial charge in [-0.05, 0) is 25.8 Å². The van der Waals surface area contributed by atoms with E-state index in [2.05, 4.69) is 16.5 Å². The highest BCUT2D eigenvalue weighted by Gasteiger charge is 2.36. The molecule has 0 amide bonds. The van der Waals surface area contributed by atoms with Crippen molar-refractivity contribution in [2.45, 2.75) is 39.4 Å². The van der Waals surface area contributed by atoms with Crippen LogP contribution in [0.5, 0.6) is 0 Å². The predicted molar refractivity (Wildman–Crippen MR) is 63.5 cm³/mol. The Morgan fingerprint density at radius 3 is 3.06 bits per heavy atom. The minimum absolute atomic E-state index is 0.227. The zero-order chi connectivity index (χ0) is 12.4. The average Bonchev–Trinajstić information content (AvgIpc) is 2.86. The highest BCUT2D eigenvalue weighted by atomic mass is 16.4. The minimum Gasteiger partial charge on any atom is -0.480 e. The molecule has 1 aromatic heterocycles. The van der Waals surface area contributed by atoms with Gasteiger partial charge in [0.05, 0.1) is 12.0 Å². The normalized spacial score (nSPS) is 25.3. The van der Waals surface area contributed by atoms with Gasteiger partial charge in [0.15, 0.2) is 0 Å². The molecule has 0 spiro atoms. The molecule has 0 bridgehead atoms. The first-order valence-electron chi connectivity index (χ1n) is 6.09. The Hall–Kier alpha value is -1.36. The zero-order valence-corrected chi connectivity index (χ0v) is 10.3. The Kier molecular flexibility index (Phi) is 3.47. The van der Waals surface area contributed by atoms with Gasteiger partial charge in [-0.25, -0.2) is 4.98 Å². The number of aryl methyl sites for hydroxylation is 1. The number of carboxylic acid groups (broad SMARTS) is 1. The van der Waals surface area contributed by atoms with Crippen molar-refractivity contribution < 1.29 is 9.90 Å². The van der Waals surface area contributed by atoms with Gasteiger partial charge in [0.25, 0.3) is 0 Å². The Morgan fingerprint density at radius 1 is 1.65 bits per heavy atom. The molecule has 1 N–H and O–H groups in total. The number of aliphatic carboxylic acids is 1. The summed E-state index contributed by atoms with van der Waals surface area (Å²) in [6.45, 7) is 6.47. The quantitative estimate of drug-likeness (QED) is 0.854. The topological polar surface area (TPSA) is 58.4 Å². The van der Waals surface area contributed by atoms with Gasteiger partial charge in [-0.3, -0.25) is 9.69 Å². The van der Waals surface area contributed by atoms with Crippen LogP contribution < -0.4 is 0 Å². The number of nitrogens with zero attached hydrogens (tertiary/aromatic N) is 3. The summed E-state index contributed by atoms with van der Waals surface area (Å²) in [5.41, 5.74) is 1.09. The van der Waals surface area contributed by atoms with Crippen LogP contribution in [0, 0.1) is 5.92 Å². The lowest BCUT2D eigenvalue weighted by Crippen LogP contribution is -2.38. The van der Waals surface area contributed by atoms with Gasteiger partial charge in [0.1, 0.15) is 6.04 Å². The predicted octanol–water partition coefficient (Wildman–Crippen LogP) is 1.20. The molecule has 0 radical (unpaired) electrons. The van der Waals surface area contributed by atoms with Gasteiger partial charge in [-0.1, -0.05) is 6.92 Å². The van der Waals surface area contributed by atoms with Crippen molar-refractivity contribution in [3.05, 3.63) is 18.2 Å². The summed E-state index contributed by atoms with van der Waals surface area (Å²) in [5, 5.41) is 9.25. The number of aromatic nitrogens is 2. The van der Waals surface area contributed by atoms with Gasteiger partial charge in [0, 0.05) is 19.3 Å². The van der Waals surface area contributed by atoms with Gasteiger partial charge < -0.3 is 9.67 Å². The molecular weight excluding hydrogens is 218 g/mol. The van der Waals surface area contributed by atoms with Crippen molar-refractivity contribution in [2.24, 2.45) is 5.92 Å². The van der Waals surface area contributed by atoms with E-state index in [1.54, 1.807) is 6.33 Å². The number of carboxylic acids is 1. The summed E-state index contributed by atoms with van der Waals surface area (Å²) in [7, 11) is 0. The maximum Gasteiger partial charge on any atom is 0.321 e. The Labute approximate surface area is 101 Å². The van der Waals surface area contributed by atoms with Crippen LogP contribution in [-0.2, 0) is 17.9 Å². The largest absolute Gasteiger partial charge is 0.480 e. The molecule has 1 aliphatic heterocycles. The van der Waals surface area contributed by atoms with Gasteiger partial charge >= 0.3 is 5.97 Å². The highest BCUT2D eigenvalue weighted by Crippen LogP contribution is 2.25. The van der Waals surface area contributed by atoms with Crippen LogP contribution in [0.3, 0.4) is 0 Å². The number of hydrogen-bond acceptors (Lipinski definition) is 3. The van der Waals surface area contributed by atoms with E-state index in [4.69, 9.17) is 0 Å². The first kappa shape index (κ1) is 12.1. The number of carbonyl (C=O) groups is 1. The van der Waals surface area contributed by atoms with Crippen molar-refractivity contribution >= 4 is 5.97 Å². The third-order valence-corrected chi connectivity index (χ3v) is 3.56. The molecule has 2 heterocycles. The van der Waals surface area contributed by atoms with Crippen LogP contribution in [-0.4, -0.2) is 38.1 Å². The number of hydrogen-bond donors (Lipinski definition) is 1. The standard InChI is InChI=1S/C12H19N3O2/c1-3-14-8-13-6-10(14)7-15-5-4-9(2)11(15)12(16)17/h6,8-9,11H,3-5,7H2,1-2H3,(H,16,17). The Morgan fingerprint density at radius 2 is 2.41 bits per heavy atom. The van der Waals surface area contributed by atoms with E-state index in [1.807, 2.05) is 18.0 Å². The smallest absolute Gasteiger partial charge is 0.321 e. The fraction of sp³-hybridized carbons (Fsp3) is 0.667. The lowest BCUT2D eigenvalue weighted by Gasteiger charge is -2.23. The van der Waals surface area contributed by atoms with Crippen LogP contribution in [0.15, 0.2) is 12.5 Å². The maximum atomic E-state index is 11.2. The fourth-order valence-corrected chi connectivity index (χ4v) is 2.58. The first-order valence-corrected chi connectivity index (χ1v) is 6.09. The highest BCUT2D eigenvalue weighted by molar-refractivity contribution is 5.74. The van der Waals surface area contributed by atoms with Crippen molar-refractivity contribution in [1.82, 2.24) is 14.5 Å². The third-order valence-electron chi connectivity index (χ3n) is 3.56. The summed E-state index contributed by atoms with van der Waals surface area (Å²) in [5.74, 6) is -0.483. The minimum atomic E-state index is -0.711. The zero-order valence-electron chi connectivity index (χ0n) is 10.3. The van der Waals surface area contributed by atoms with E-state index in [0.717, 1.165) is 25.2 Å². The van der Waals surface area contributed by atoms with E-state index in [1.165, 1.54) is 0 Å². The van der Waals surface area contributed by atoms with Gasteiger partial charge in [-0.2, -0.15) is 0 Å². The number of rotatable bonds is 4. The molecule has 5 heteroatoms. The van der Waals surface area contributed by atoms with E-state index in [9.17, 15) is 9.90 Å². The molecule has 2 rings (SSSR count). The molecule has 1 saturated heterocycles. The molecule has 5 nitrogen and oxygen atoms in total. The van der Waals surface area contributed by atoms with E-state index in [-0.39, 0.29) is 12.0 Å². The number of imidazole rings is 1. The van der Waals surface area contributed by atoms with Crippen LogP contribution in [0.1, 0.15) is 26.0 Å². The van der Waals surface area contributed by atoms with E-state index >= 15 is 0 Å². The second-order valence-electron chi connectivity index (χ2n) is 4.69.